The molecule has 0 amide bonds. The van der Waals surface area contributed by atoms with Gasteiger partial charge in [-0.2, -0.15) is 0 Å². The Labute approximate surface area is 507 Å². The summed E-state index contributed by atoms with van der Waals surface area (Å²) < 4.78 is 0. The highest BCUT2D eigenvalue weighted by atomic mass is 14.1. The largest absolute Gasteiger partial charge is 0.0622 e. The summed E-state index contributed by atoms with van der Waals surface area (Å²) in [4.78, 5) is 0. The zero-order valence-corrected chi connectivity index (χ0v) is 50.4. The second kappa shape index (κ2) is 32.5. The Morgan fingerprint density at radius 3 is 1.04 bits per heavy atom. The number of hydrogen-bond donors (Lipinski definition) is 0. The van der Waals surface area contributed by atoms with Crippen molar-refractivity contribution in [3.05, 3.63) is 385 Å². The van der Waals surface area contributed by atoms with Crippen LogP contribution < -0.4 is 0 Å². The van der Waals surface area contributed by atoms with Crippen molar-refractivity contribution >= 4 is 32.3 Å². The van der Waals surface area contributed by atoms with Gasteiger partial charge in [-0.25, -0.2) is 0 Å². The van der Waals surface area contributed by atoms with Crippen LogP contribution in [0.4, 0.5) is 0 Å². The minimum absolute atomic E-state index is 1.28. The van der Waals surface area contributed by atoms with Crippen molar-refractivity contribution < 1.29 is 0 Å². The summed E-state index contributed by atoms with van der Waals surface area (Å²) in [5.74, 6) is 0. The first-order valence-corrected chi connectivity index (χ1v) is 29.4. The molecule has 0 nitrogen and oxygen atoms in total. The van der Waals surface area contributed by atoms with E-state index in [2.05, 4.69) is 358 Å². The van der Waals surface area contributed by atoms with Gasteiger partial charge in [0.15, 0.2) is 0 Å². The van der Waals surface area contributed by atoms with Crippen LogP contribution in [0.25, 0.3) is 76.8 Å². The van der Waals surface area contributed by atoms with Crippen LogP contribution in [0.15, 0.2) is 346 Å². The Morgan fingerprint density at radius 1 is 0.153 bits per heavy atom. The fraction of sp³-hybridized carbons (Fsp3) is 0.0824. The molecule has 0 aromatic heterocycles. The number of rotatable bonds is 4. The summed E-state index contributed by atoms with van der Waals surface area (Å²) in [7, 11) is 0. The van der Waals surface area contributed by atoms with E-state index in [4.69, 9.17) is 0 Å². The van der Waals surface area contributed by atoms with Crippen molar-refractivity contribution in [3.8, 4) is 44.5 Å². The molecule has 0 saturated carbocycles. The normalized spacial score (nSPS) is 10.1. The summed E-state index contributed by atoms with van der Waals surface area (Å²) in [5, 5.41) is 7.94. The Balaban J connectivity index is 0.000000131. The molecule has 0 aliphatic carbocycles. The molecule has 0 radical (unpaired) electrons. The maximum absolute atomic E-state index is 2.20. The molecular formula is C85H78. The van der Waals surface area contributed by atoms with Crippen molar-refractivity contribution in [3.63, 3.8) is 0 Å². The molecule has 0 aliphatic heterocycles. The fourth-order valence-electron chi connectivity index (χ4n) is 9.79. The highest BCUT2D eigenvalue weighted by Gasteiger charge is 2.03. The van der Waals surface area contributed by atoms with Crippen LogP contribution in [0.5, 0.6) is 0 Å². The molecule has 0 heterocycles. The third-order valence-electron chi connectivity index (χ3n) is 14.5. The molecule has 14 rings (SSSR count). The number of hydrogen-bond acceptors (Lipinski definition) is 0. The van der Waals surface area contributed by atoms with Crippen LogP contribution in [-0.2, 0) is 0 Å². The Morgan fingerprint density at radius 2 is 0.482 bits per heavy atom. The van der Waals surface area contributed by atoms with E-state index in [-0.39, 0.29) is 0 Å². The van der Waals surface area contributed by atoms with E-state index in [1.54, 1.807) is 0 Å². The second-order valence-corrected chi connectivity index (χ2v) is 21.3. The molecule has 85 heavy (non-hydrogen) atoms. The van der Waals surface area contributed by atoms with Gasteiger partial charge < -0.3 is 0 Å². The molecule has 14 aromatic rings. The lowest BCUT2D eigenvalue weighted by atomic mass is 9.98. The summed E-state index contributed by atoms with van der Waals surface area (Å²) in [6.07, 6.45) is 0. The molecule has 418 valence electrons. The van der Waals surface area contributed by atoms with Gasteiger partial charge in [-0.1, -0.05) is 374 Å². The monoisotopic (exact) mass is 1100 g/mol. The smallest absolute Gasteiger partial charge is 0.0105 e. The molecule has 0 N–H and O–H groups in total. The average molecular weight is 1100 g/mol. The van der Waals surface area contributed by atoms with Crippen LogP contribution in [0.2, 0.25) is 0 Å². The zero-order chi connectivity index (χ0) is 59.4. The fourth-order valence-corrected chi connectivity index (χ4v) is 9.79. The molecule has 0 aliphatic rings. The Bertz CT molecular complexity index is 4180. The standard InChI is InChI=1S/C17H14.3C13H12.2C11H10.C7H8/c1-13-9-11-15(12-10-13)17-8-4-6-14-5-2-3-7-16(14)17;1-11-7-5-6-10-13(11)12-8-3-2-4-9-12;1-11-6-5-9-13(10-11)12-7-3-2-4-8-12;1-11-7-9-13(10-8-11)12-5-3-2-4-6-12;1-9-5-4-7-10-6-2-3-8-11(9)10;1-9-6-7-10-4-2-3-5-11(10)8-9;1-7-5-3-2-4-6-7/h2-12H,1H3;3*2-10H,1H3;2*2-8H,1H3;2-6H,1H3. The second-order valence-electron chi connectivity index (χ2n) is 21.3. The van der Waals surface area contributed by atoms with Gasteiger partial charge in [0.05, 0.1) is 0 Å². The Kier molecular flexibility index (Phi) is 23.3. The number of fused-ring (bicyclic) bond motifs is 3. The van der Waals surface area contributed by atoms with Crippen molar-refractivity contribution in [2.24, 2.45) is 0 Å². The predicted molar refractivity (Wildman–Crippen MR) is 373 cm³/mol. The molecule has 0 heteroatoms. The molecule has 0 saturated heterocycles. The molecular weight excluding hydrogens is 1020 g/mol. The summed E-state index contributed by atoms with van der Waals surface area (Å²) in [6.45, 7) is 14.8. The van der Waals surface area contributed by atoms with Gasteiger partial charge in [0.2, 0.25) is 0 Å². The maximum Gasteiger partial charge on any atom is -0.0105 e. The van der Waals surface area contributed by atoms with E-state index in [1.807, 2.05) is 36.4 Å². The number of benzene rings is 14. The molecule has 14 aromatic carbocycles. The third kappa shape index (κ3) is 19.2. The Hall–Kier alpha value is -10.1. The highest BCUT2D eigenvalue weighted by Crippen LogP contribution is 2.29. The predicted octanol–water partition coefficient (Wildman–Crippen LogP) is 24.1. The molecule has 0 unspecified atom stereocenters. The van der Waals surface area contributed by atoms with Crippen molar-refractivity contribution in [1.29, 1.82) is 0 Å². The third-order valence-corrected chi connectivity index (χ3v) is 14.5. The van der Waals surface area contributed by atoms with E-state index in [1.165, 1.54) is 116 Å². The lowest BCUT2D eigenvalue weighted by molar-refractivity contribution is 1.46. The van der Waals surface area contributed by atoms with Crippen molar-refractivity contribution in [1.82, 2.24) is 0 Å². The van der Waals surface area contributed by atoms with E-state index in [9.17, 15) is 0 Å². The minimum Gasteiger partial charge on any atom is -0.0622 e. The summed E-state index contributed by atoms with van der Waals surface area (Å²) in [5.41, 5.74) is 19.6. The SMILES string of the molecule is Cc1ccc(-c2cccc3ccccc23)cc1.Cc1ccc(-c2ccccc2)cc1.Cc1ccc2ccccc2c1.Cc1cccc(-c2ccccc2)c1.Cc1cccc2ccccc12.Cc1ccccc1.Cc1ccccc1-c1ccccc1. The quantitative estimate of drug-likeness (QED) is 0.165. The first-order chi connectivity index (χ1) is 41.6. The van der Waals surface area contributed by atoms with E-state index in [0.29, 0.717) is 0 Å². The van der Waals surface area contributed by atoms with E-state index < -0.39 is 0 Å². The van der Waals surface area contributed by atoms with Gasteiger partial charge in [-0.3, -0.25) is 0 Å². The van der Waals surface area contributed by atoms with Gasteiger partial charge in [0.1, 0.15) is 0 Å². The van der Waals surface area contributed by atoms with Crippen LogP contribution in [0.1, 0.15) is 38.9 Å². The summed E-state index contributed by atoms with van der Waals surface area (Å²) >= 11 is 0. The minimum atomic E-state index is 1.28. The number of aryl methyl sites for hydroxylation is 7. The van der Waals surface area contributed by atoms with E-state index in [0.717, 1.165) is 0 Å². The topological polar surface area (TPSA) is 0 Å². The highest BCUT2D eigenvalue weighted by molar-refractivity contribution is 5.96. The first-order valence-electron chi connectivity index (χ1n) is 29.4. The van der Waals surface area contributed by atoms with Crippen LogP contribution in [0.3, 0.4) is 0 Å². The van der Waals surface area contributed by atoms with Gasteiger partial charge in [0, 0.05) is 0 Å². The molecule has 0 atom stereocenters. The first kappa shape index (κ1) is 60.9. The lowest BCUT2D eigenvalue weighted by Crippen LogP contribution is -1.81. The molecule has 0 fully saturated rings. The van der Waals surface area contributed by atoms with E-state index >= 15 is 0 Å². The van der Waals surface area contributed by atoms with Crippen LogP contribution in [-0.4, -0.2) is 0 Å². The average Bonchev–Trinajstić information content (AvgIpc) is 3.68. The van der Waals surface area contributed by atoms with Crippen LogP contribution >= 0.6 is 0 Å². The zero-order valence-electron chi connectivity index (χ0n) is 50.4. The summed E-state index contributed by atoms with van der Waals surface area (Å²) in [6, 6.07) is 121. The maximum atomic E-state index is 2.20. The van der Waals surface area contributed by atoms with Gasteiger partial charge in [0.25, 0.3) is 0 Å². The van der Waals surface area contributed by atoms with Gasteiger partial charge in [-0.05, 0) is 136 Å². The van der Waals surface area contributed by atoms with Crippen LogP contribution in [0, 0.1) is 48.5 Å². The van der Waals surface area contributed by atoms with Gasteiger partial charge in [-0.15, -0.1) is 0 Å². The molecule has 0 spiro atoms. The lowest BCUT2D eigenvalue weighted by Gasteiger charge is -2.07. The van der Waals surface area contributed by atoms with Crippen molar-refractivity contribution in [2.45, 2.75) is 48.5 Å². The van der Waals surface area contributed by atoms with Gasteiger partial charge >= 0.3 is 0 Å². The molecule has 0 bridgehead atoms. The van der Waals surface area contributed by atoms with Crippen molar-refractivity contribution in [2.75, 3.05) is 0 Å².